The zero-order valence-corrected chi connectivity index (χ0v) is 12.7. The first-order valence-electron chi connectivity index (χ1n) is 6.24. The Labute approximate surface area is 117 Å². The zero-order valence-electron chi connectivity index (χ0n) is 11.1. The van der Waals surface area contributed by atoms with E-state index in [-0.39, 0.29) is 11.9 Å². The number of piperazine rings is 1. The Hall–Kier alpha value is -0.700. The molecule has 0 radical (unpaired) electrons. The quantitative estimate of drug-likeness (QED) is 0.876. The molecule has 2 rings (SSSR count). The highest BCUT2D eigenvalue weighted by Gasteiger charge is 2.29. The van der Waals surface area contributed by atoms with Crippen molar-refractivity contribution in [1.82, 2.24) is 9.29 Å². The van der Waals surface area contributed by atoms with Gasteiger partial charge in [0.2, 0.25) is 10.0 Å². The van der Waals surface area contributed by atoms with Gasteiger partial charge in [-0.1, -0.05) is 0 Å². The second kappa shape index (κ2) is 5.74. The van der Waals surface area contributed by atoms with Crippen LogP contribution in [0, 0.1) is 0 Å². The first-order chi connectivity index (χ1) is 8.95. The number of aliphatic hydroxyl groups is 1. The van der Waals surface area contributed by atoms with E-state index in [1.807, 2.05) is 5.38 Å². The molecule has 1 aromatic heterocycles. The van der Waals surface area contributed by atoms with Gasteiger partial charge in [0.1, 0.15) is 0 Å². The summed E-state index contributed by atoms with van der Waals surface area (Å²) in [7, 11) is -3.16. The van der Waals surface area contributed by atoms with Crippen LogP contribution >= 0.6 is 11.3 Å². The first-order valence-corrected chi connectivity index (χ1v) is 8.62. The summed E-state index contributed by atoms with van der Waals surface area (Å²) >= 11 is 1.48. The Bertz CT molecular complexity index is 519. The van der Waals surface area contributed by atoms with Crippen molar-refractivity contribution < 1.29 is 13.5 Å². The predicted molar refractivity (Wildman–Crippen MR) is 75.9 cm³/mol. The minimum absolute atomic E-state index is 0.0573. The van der Waals surface area contributed by atoms with Crippen molar-refractivity contribution >= 4 is 26.5 Å². The van der Waals surface area contributed by atoms with Gasteiger partial charge in [-0.25, -0.2) is 13.4 Å². The summed E-state index contributed by atoms with van der Waals surface area (Å²) in [5, 5.41) is 11.3. The highest BCUT2D eigenvalue weighted by Crippen LogP contribution is 2.23. The van der Waals surface area contributed by atoms with Crippen molar-refractivity contribution in [2.45, 2.75) is 25.7 Å². The summed E-state index contributed by atoms with van der Waals surface area (Å²) in [6.45, 7) is 5.63. The molecule has 1 aliphatic rings. The van der Waals surface area contributed by atoms with Gasteiger partial charge in [-0.15, -0.1) is 11.3 Å². The molecule has 0 atom stereocenters. The van der Waals surface area contributed by atoms with E-state index in [9.17, 15) is 8.42 Å². The Morgan fingerprint density at radius 2 is 2.00 bits per heavy atom. The molecular weight excluding hydrogens is 286 g/mol. The van der Waals surface area contributed by atoms with Gasteiger partial charge >= 0.3 is 0 Å². The fraction of sp³-hybridized carbons (Fsp3) is 0.727. The summed E-state index contributed by atoms with van der Waals surface area (Å²) in [5.41, 5.74) is 0.664. The average Bonchev–Trinajstić information content (AvgIpc) is 2.87. The van der Waals surface area contributed by atoms with Crippen molar-refractivity contribution in [1.29, 1.82) is 0 Å². The lowest BCUT2D eigenvalue weighted by Gasteiger charge is -2.34. The number of rotatable bonds is 4. The normalized spacial score (nSPS) is 18.2. The lowest BCUT2D eigenvalue weighted by atomic mass is 10.4. The third kappa shape index (κ3) is 3.07. The van der Waals surface area contributed by atoms with Gasteiger partial charge in [-0.3, -0.25) is 0 Å². The summed E-state index contributed by atoms with van der Waals surface area (Å²) in [4.78, 5) is 6.37. The van der Waals surface area contributed by atoms with Crippen LogP contribution in [0.4, 0.5) is 5.13 Å². The molecule has 19 heavy (non-hydrogen) atoms. The summed E-state index contributed by atoms with van der Waals surface area (Å²) in [6.07, 6.45) is 0. The lowest BCUT2D eigenvalue weighted by molar-refractivity contribution is 0.277. The molecule has 6 nitrogen and oxygen atoms in total. The van der Waals surface area contributed by atoms with Crippen molar-refractivity contribution in [3.8, 4) is 0 Å². The number of anilines is 1. The molecule has 108 valence electrons. The van der Waals surface area contributed by atoms with Gasteiger partial charge in [-0.2, -0.15) is 4.31 Å². The van der Waals surface area contributed by atoms with Crippen LogP contribution in [0.1, 0.15) is 19.5 Å². The molecule has 2 heterocycles. The van der Waals surface area contributed by atoms with Crippen LogP contribution in [0.2, 0.25) is 0 Å². The topological polar surface area (TPSA) is 73.7 Å². The molecule has 8 heteroatoms. The minimum atomic E-state index is -3.16. The molecule has 0 bridgehead atoms. The Balaban J connectivity index is 1.99. The third-order valence-corrected chi connectivity index (χ3v) is 6.39. The second-order valence-corrected chi connectivity index (χ2v) is 8.09. The molecule has 1 aliphatic heterocycles. The number of thiazole rings is 1. The predicted octanol–water partition coefficient (Wildman–Crippen LogP) is 0.496. The van der Waals surface area contributed by atoms with Gasteiger partial charge in [0.25, 0.3) is 0 Å². The fourth-order valence-electron chi connectivity index (χ4n) is 1.95. The van der Waals surface area contributed by atoms with E-state index in [1.54, 1.807) is 18.2 Å². The zero-order chi connectivity index (χ0) is 14.0. The van der Waals surface area contributed by atoms with E-state index in [4.69, 9.17) is 5.11 Å². The SMILES string of the molecule is CC(C)S(=O)(=O)N1CCN(c2nc(CO)cs2)CC1. The van der Waals surface area contributed by atoms with Gasteiger partial charge in [0.15, 0.2) is 5.13 Å². The molecule has 1 saturated heterocycles. The van der Waals surface area contributed by atoms with Gasteiger partial charge in [0, 0.05) is 31.6 Å². The van der Waals surface area contributed by atoms with E-state index in [1.165, 1.54) is 11.3 Å². The van der Waals surface area contributed by atoms with E-state index in [0.717, 1.165) is 5.13 Å². The molecule has 1 N–H and O–H groups in total. The molecule has 0 saturated carbocycles. The second-order valence-electron chi connectivity index (χ2n) is 4.76. The molecule has 1 aromatic rings. The molecular formula is C11H19N3O3S2. The van der Waals surface area contributed by atoms with Crippen molar-refractivity contribution in [3.63, 3.8) is 0 Å². The van der Waals surface area contributed by atoms with Crippen LogP contribution in [0.25, 0.3) is 0 Å². The van der Waals surface area contributed by atoms with E-state index >= 15 is 0 Å². The summed E-state index contributed by atoms with van der Waals surface area (Å²) in [6, 6.07) is 0. The monoisotopic (exact) mass is 305 g/mol. The van der Waals surface area contributed by atoms with Crippen molar-refractivity contribution in [2.24, 2.45) is 0 Å². The Kier molecular flexibility index (Phi) is 4.44. The van der Waals surface area contributed by atoms with Crippen LogP contribution in [-0.4, -0.2) is 54.2 Å². The first kappa shape index (κ1) is 14.7. The maximum Gasteiger partial charge on any atom is 0.216 e. The highest BCUT2D eigenvalue weighted by atomic mass is 32.2. The summed E-state index contributed by atoms with van der Waals surface area (Å²) < 4.78 is 25.6. The van der Waals surface area contributed by atoms with Crippen LogP contribution in [0.5, 0.6) is 0 Å². The molecule has 0 spiro atoms. The number of aromatic nitrogens is 1. The molecule has 0 unspecified atom stereocenters. The molecule has 1 fully saturated rings. The fourth-order valence-corrected chi connectivity index (χ4v) is 4.08. The highest BCUT2D eigenvalue weighted by molar-refractivity contribution is 7.89. The Morgan fingerprint density at radius 3 is 2.47 bits per heavy atom. The van der Waals surface area contributed by atoms with Gasteiger partial charge in [0.05, 0.1) is 17.6 Å². The molecule has 0 aromatic carbocycles. The standard InChI is InChI=1S/C11H19N3O3S2/c1-9(2)19(16,17)14-5-3-13(4-6-14)11-12-10(7-15)8-18-11/h8-9,15H,3-7H2,1-2H3. The van der Waals surface area contributed by atoms with Crippen molar-refractivity contribution in [2.75, 3.05) is 31.1 Å². The van der Waals surface area contributed by atoms with E-state index < -0.39 is 10.0 Å². The molecule has 0 amide bonds. The van der Waals surface area contributed by atoms with Crippen molar-refractivity contribution in [3.05, 3.63) is 11.1 Å². The third-order valence-electron chi connectivity index (χ3n) is 3.17. The number of aliphatic hydroxyl groups excluding tert-OH is 1. The van der Waals surface area contributed by atoms with Gasteiger partial charge < -0.3 is 10.0 Å². The number of hydrogen-bond donors (Lipinski definition) is 1. The van der Waals surface area contributed by atoms with E-state index in [2.05, 4.69) is 9.88 Å². The largest absolute Gasteiger partial charge is 0.390 e. The number of hydrogen-bond acceptors (Lipinski definition) is 6. The molecule has 0 aliphatic carbocycles. The van der Waals surface area contributed by atoms with Crippen LogP contribution in [-0.2, 0) is 16.6 Å². The lowest BCUT2D eigenvalue weighted by Crippen LogP contribution is -2.50. The number of nitrogens with zero attached hydrogens (tertiary/aromatic N) is 3. The van der Waals surface area contributed by atoms with Crippen LogP contribution < -0.4 is 4.90 Å². The Morgan fingerprint density at radius 1 is 1.37 bits per heavy atom. The van der Waals surface area contributed by atoms with Crippen LogP contribution in [0.15, 0.2) is 5.38 Å². The smallest absolute Gasteiger partial charge is 0.216 e. The maximum absolute atomic E-state index is 12.0. The minimum Gasteiger partial charge on any atom is -0.390 e. The van der Waals surface area contributed by atoms with Gasteiger partial charge in [-0.05, 0) is 13.8 Å². The summed E-state index contributed by atoms with van der Waals surface area (Å²) in [5.74, 6) is 0. The number of sulfonamides is 1. The van der Waals surface area contributed by atoms with E-state index in [0.29, 0.717) is 31.9 Å². The van der Waals surface area contributed by atoms with Crippen LogP contribution in [0.3, 0.4) is 0 Å². The maximum atomic E-state index is 12.0. The average molecular weight is 305 g/mol.